The number of aromatic nitrogens is 2. The van der Waals surface area contributed by atoms with E-state index in [4.69, 9.17) is 9.26 Å². The van der Waals surface area contributed by atoms with Gasteiger partial charge in [0.25, 0.3) is 0 Å². The Morgan fingerprint density at radius 2 is 2.04 bits per heavy atom. The van der Waals surface area contributed by atoms with E-state index < -0.39 is 0 Å². The zero-order valence-electron chi connectivity index (χ0n) is 15.3. The molecule has 7 heteroatoms. The summed E-state index contributed by atoms with van der Waals surface area (Å²) in [5.74, 6) is 2.22. The van der Waals surface area contributed by atoms with Crippen molar-refractivity contribution in [2.24, 2.45) is 0 Å². The van der Waals surface area contributed by atoms with E-state index in [0.717, 1.165) is 16.2 Å². The second-order valence-corrected chi connectivity index (χ2v) is 7.10. The molecule has 0 radical (unpaired) electrons. The molecule has 6 nitrogen and oxygen atoms in total. The molecule has 0 saturated heterocycles. The van der Waals surface area contributed by atoms with Gasteiger partial charge in [0, 0.05) is 22.6 Å². The SMILES string of the molecule is COc1cccc(-c2noc(CNC(=O)CCSc3ccc(C)cc3)n2)c1. The molecular weight excluding hydrogens is 362 g/mol. The summed E-state index contributed by atoms with van der Waals surface area (Å²) in [6.45, 7) is 2.27. The van der Waals surface area contributed by atoms with Crippen molar-refractivity contribution in [3.05, 3.63) is 60.0 Å². The number of ether oxygens (including phenoxy) is 1. The number of hydrogen-bond donors (Lipinski definition) is 1. The minimum Gasteiger partial charge on any atom is -0.497 e. The van der Waals surface area contributed by atoms with Crippen LogP contribution >= 0.6 is 11.8 Å². The van der Waals surface area contributed by atoms with Crippen LogP contribution in [0, 0.1) is 6.92 Å². The van der Waals surface area contributed by atoms with Crippen molar-refractivity contribution in [3.63, 3.8) is 0 Å². The molecular formula is C20H21N3O3S. The summed E-state index contributed by atoms with van der Waals surface area (Å²) in [7, 11) is 1.60. The molecule has 0 bridgehead atoms. The molecule has 27 heavy (non-hydrogen) atoms. The molecule has 0 aliphatic rings. The van der Waals surface area contributed by atoms with Crippen LogP contribution in [0.25, 0.3) is 11.4 Å². The third kappa shape index (κ3) is 5.59. The smallest absolute Gasteiger partial charge is 0.246 e. The third-order valence-electron chi connectivity index (χ3n) is 3.85. The fourth-order valence-electron chi connectivity index (χ4n) is 2.36. The average molecular weight is 383 g/mol. The summed E-state index contributed by atoms with van der Waals surface area (Å²) < 4.78 is 10.4. The fourth-order valence-corrected chi connectivity index (χ4v) is 3.22. The van der Waals surface area contributed by atoms with Crippen LogP contribution in [0.3, 0.4) is 0 Å². The maximum Gasteiger partial charge on any atom is 0.246 e. The van der Waals surface area contributed by atoms with Crippen LogP contribution in [-0.2, 0) is 11.3 Å². The lowest BCUT2D eigenvalue weighted by Crippen LogP contribution is -2.23. The Balaban J connectivity index is 1.45. The van der Waals surface area contributed by atoms with Gasteiger partial charge in [0.1, 0.15) is 5.75 Å². The molecule has 0 saturated carbocycles. The first-order valence-corrected chi connectivity index (χ1v) is 9.56. The molecule has 140 valence electrons. The molecule has 0 spiro atoms. The summed E-state index contributed by atoms with van der Waals surface area (Å²) in [6.07, 6.45) is 0.426. The molecule has 0 fully saturated rings. The highest BCUT2D eigenvalue weighted by Crippen LogP contribution is 2.21. The Labute approximate surface area is 162 Å². The summed E-state index contributed by atoms with van der Waals surface area (Å²) >= 11 is 1.66. The summed E-state index contributed by atoms with van der Waals surface area (Å²) in [6, 6.07) is 15.7. The largest absolute Gasteiger partial charge is 0.497 e. The summed E-state index contributed by atoms with van der Waals surface area (Å²) in [5.41, 5.74) is 2.02. The number of carbonyl (C=O) groups is 1. The highest BCUT2D eigenvalue weighted by atomic mass is 32.2. The van der Waals surface area contributed by atoms with Crippen molar-refractivity contribution >= 4 is 17.7 Å². The molecule has 1 N–H and O–H groups in total. The lowest BCUT2D eigenvalue weighted by atomic mass is 10.2. The number of amides is 1. The zero-order valence-corrected chi connectivity index (χ0v) is 16.1. The molecule has 0 unspecified atom stereocenters. The summed E-state index contributed by atoms with van der Waals surface area (Å²) in [5, 5.41) is 6.76. The first-order chi connectivity index (χ1) is 13.1. The number of methoxy groups -OCH3 is 1. The molecule has 3 rings (SSSR count). The van der Waals surface area contributed by atoms with Crippen molar-refractivity contribution in [2.75, 3.05) is 12.9 Å². The van der Waals surface area contributed by atoms with Gasteiger partial charge in [-0.15, -0.1) is 11.8 Å². The van der Waals surface area contributed by atoms with E-state index in [2.05, 4.69) is 46.6 Å². The van der Waals surface area contributed by atoms with E-state index in [-0.39, 0.29) is 12.5 Å². The Kier molecular flexibility index (Phi) is 6.49. The fraction of sp³-hybridized carbons (Fsp3) is 0.250. The van der Waals surface area contributed by atoms with E-state index >= 15 is 0 Å². The van der Waals surface area contributed by atoms with Gasteiger partial charge in [-0.1, -0.05) is 35.0 Å². The van der Waals surface area contributed by atoms with Crippen LogP contribution < -0.4 is 10.1 Å². The molecule has 2 aromatic carbocycles. The van der Waals surface area contributed by atoms with Gasteiger partial charge in [0.2, 0.25) is 17.6 Å². The number of nitrogens with zero attached hydrogens (tertiary/aromatic N) is 2. The quantitative estimate of drug-likeness (QED) is 0.595. The Morgan fingerprint density at radius 3 is 2.81 bits per heavy atom. The third-order valence-corrected chi connectivity index (χ3v) is 4.87. The van der Waals surface area contributed by atoms with Gasteiger partial charge in [-0.05, 0) is 31.2 Å². The van der Waals surface area contributed by atoms with E-state index in [9.17, 15) is 4.79 Å². The van der Waals surface area contributed by atoms with Crippen LogP contribution in [0.2, 0.25) is 0 Å². The Bertz CT molecular complexity index is 893. The highest BCUT2D eigenvalue weighted by Gasteiger charge is 2.10. The molecule has 1 heterocycles. The first kappa shape index (κ1) is 19.0. The highest BCUT2D eigenvalue weighted by molar-refractivity contribution is 7.99. The van der Waals surface area contributed by atoms with Crippen molar-refractivity contribution < 1.29 is 14.1 Å². The van der Waals surface area contributed by atoms with Crippen molar-refractivity contribution in [3.8, 4) is 17.1 Å². The number of carbonyl (C=O) groups excluding carboxylic acids is 1. The number of aryl methyl sites for hydroxylation is 1. The van der Waals surface area contributed by atoms with Crippen molar-refractivity contribution in [1.82, 2.24) is 15.5 Å². The molecule has 0 atom stereocenters. The predicted molar refractivity (Wildman–Crippen MR) is 105 cm³/mol. The minimum atomic E-state index is -0.0456. The summed E-state index contributed by atoms with van der Waals surface area (Å²) in [4.78, 5) is 17.5. The van der Waals surface area contributed by atoms with Gasteiger partial charge in [-0.2, -0.15) is 4.98 Å². The van der Waals surface area contributed by atoms with Crippen LogP contribution in [0.5, 0.6) is 5.75 Å². The number of benzene rings is 2. The van der Waals surface area contributed by atoms with Crippen LogP contribution in [0.15, 0.2) is 57.9 Å². The van der Waals surface area contributed by atoms with Crippen molar-refractivity contribution in [1.29, 1.82) is 0 Å². The lowest BCUT2D eigenvalue weighted by Gasteiger charge is -2.03. The van der Waals surface area contributed by atoms with Gasteiger partial charge in [-0.3, -0.25) is 4.79 Å². The van der Waals surface area contributed by atoms with E-state index in [1.54, 1.807) is 18.9 Å². The molecule has 0 aliphatic heterocycles. The van der Waals surface area contributed by atoms with Gasteiger partial charge in [0.15, 0.2) is 0 Å². The Morgan fingerprint density at radius 1 is 1.22 bits per heavy atom. The topological polar surface area (TPSA) is 77.3 Å². The van der Waals surface area contributed by atoms with Gasteiger partial charge in [0.05, 0.1) is 13.7 Å². The van der Waals surface area contributed by atoms with Gasteiger partial charge >= 0.3 is 0 Å². The number of nitrogens with one attached hydrogen (secondary N) is 1. The maximum absolute atomic E-state index is 12.0. The second kappa shape index (κ2) is 9.23. The van der Waals surface area contributed by atoms with E-state index in [0.29, 0.717) is 23.9 Å². The van der Waals surface area contributed by atoms with Crippen LogP contribution in [0.4, 0.5) is 0 Å². The average Bonchev–Trinajstić information content (AvgIpc) is 3.17. The van der Waals surface area contributed by atoms with Gasteiger partial charge < -0.3 is 14.6 Å². The van der Waals surface area contributed by atoms with Crippen LogP contribution in [-0.4, -0.2) is 28.9 Å². The molecule has 0 aliphatic carbocycles. The molecule has 1 amide bonds. The molecule has 3 aromatic rings. The monoisotopic (exact) mass is 383 g/mol. The zero-order chi connectivity index (χ0) is 19.1. The molecule has 1 aromatic heterocycles. The van der Waals surface area contributed by atoms with Crippen molar-refractivity contribution in [2.45, 2.75) is 24.8 Å². The van der Waals surface area contributed by atoms with Crippen LogP contribution in [0.1, 0.15) is 17.9 Å². The minimum absolute atomic E-state index is 0.0456. The first-order valence-electron chi connectivity index (χ1n) is 8.57. The van der Waals surface area contributed by atoms with E-state index in [1.807, 2.05) is 24.3 Å². The number of thioether (sulfide) groups is 1. The normalized spacial score (nSPS) is 10.6. The maximum atomic E-state index is 12.0. The van der Waals surface area contributed by atoms with E-state index in [1.165, 1.54) is 5.56 Å². The lowest BCUT2D eigenvalue weighted by molar-refractivity contribution is -0.120. The Hall–Kier alpha value is -2.80. The second-order valence-electron chi connectivity index (χ2n) is 5.93. The standard InChI is InChI=1S/C20H21N3O3S/c1-14-6-8-17(9-7-14)27-11-10-18(24)21-13-19-22-20(23-26-19)15-4-3-5-16(12-15)25-2/h3-9,12H,10-11,13H2,1-2H3,(H,21,24). The van der Waals surface area contributed by atoms with Gasteiger partial charge in [-0.25, -0.2) is 0 Å². The number of hydrogen-bond acceptors (Lipinski definition) is 6. The number of rotatable bonds is 8. The predicted octanol–water partition coefficient (Wildman–Crippen LogP) is 3.85.